The second kappa shape index (κ2) is 7.48. The van der Waals surface area contributed by atoms with Gasteiger partial charge in [-0.25, -0.2) is 0 Å². The zero-order chi connectivity index (χ0) is 14.4. The smallest absolute Gasteiger partial charge is 0.250 e. The summed E-state index contributed by atoms with van der Waals surface area (Å²) in [6.45, 7) is 2.21. The fourth-order valence-electron chi connectivity index (χ4n) is 1.92. The number of aromatic nitrogens is 1. The summed E-state index contributed by atoms with van der Waals surface area (Å²) in [5, 5.41) is 4.64. The predicted octanol–water partition coefficient (Wildman–Crippen LogP) is 2.99. The van der Waals surface area contributed by atoms with Crippen LogP contribution in [0.15, 0.2) is 47.4 Å². The number of halogens is 2. The number of nitrogens with zero attached hydrogens (tertiary/aromatic N) is 1. The summed E-state index contributed by atoms with van der Waals surface area (Å²) in [7, 11) is 0. The van der Waals surface area contributed by atoms with E-state index in [1.807, 2.05) is 18.2 Å². The van der Waals surface area contributed by atoms with E-state index in [4.69, 9.17) is 23.2 Å². The largest absolute Gasteiger partial charge is 0.315 e. The molecule has 1 aromatic heterocycles. The minimum Gasteiger partial charge on any atom is -0.315 e. The molecule has 0 aliphatic heterocycles. The highest BCUT2D eigenvalue weighted by Gasteiger charge is 2.01. The molecule has 0 amide bonds. The zero-order valence-electron chi connectivity index (χ0n) is 11.0. The van der Waals surface area contributed by atoms with Crippen LogP contribution in [0.5, 0.6) is 0 Å². The first kappa shape index (κ1) is 15.1. The van der Waals surface area contributed by atoms with E-state index in [-0.39, 0.29) is 5.56 Å². The van der Waals surface area contributed by atoms with E-state index in [0.717, 1.165) is 25.1 Å². The molecule has 20 heavy (non-hydrogen) atoms. The molecule has 2 aromatic rings. The standard InChI is InChI=1S/C15H16Cl2N2O/c16-13-5-4-12(14(17)11-13)6-7-18-8-10-19-9-2-1-3-15(19)20/h1-5,9,11,18H,6-8,10H2. The van der Waals surface area contributed by atoms with Crippen molar-refractivity contribution < 1.29 is 0 Å². The van der Waals surface area contributed by atoms with Crippen molar-refractivity contribution in [3.63, 3.8) is 0 Å². The Hall–Kier alpha value is -1.29. The Labute approximate surface area is 128 Å². The summed E-state index contributed by atoms with van der Waals surface area (Å²) < 4.78 is 1.68. The maximum absolute atomic E-state index is 11.5. The molecule has 0 aliphatic carbocycles. The first-order valence-electron chi connectivity index (χ1n) is 6.47. The summed E-state index contributed by atoms with van der Waals surface area (Å²) in [6.07, 6.45) is 2.62. The van der Waals surface area contributed by atoms with Crippen molar-refractivity contribution in [2.24, 2.45) is 0 Å². The number of benzene rings is 1. The van der Waals surface area contributed by atoms with Crippen LogP contribution < -0.4 is 10.9 Å². The van der Waals surface area contributed by atoms with Gasteiger partial charge in [0.2, 0.25) is 0 Å². The molecule has 0 unspecified atom stereocenters. The highest BCUT2D eigenvalue weighted by Crippen LogP contribution is 2.20. The number of hydrogen-bond donors (Lipinski definition) is 1. The average Bonchev–Trinajstić information content (AvgIpc) is 2.42. The molecule has 0 saturated heterocycles. The van der Waals surface area contributed by atoms with Crippen LogP contribution in [0.25, 0.3) is 0 Å². The first-order chi connectivity index (χ1) is 9.66. The van der Waals surface area contributed by atoms with Gasteiger partial charge in [0.1, 0.15) is 0 Å². The molecule has 0 aliphatic rings. The summed E-state index contributed by atoms with van der Waals surface area (Å²) in [5.41, 5.74) is 1.09. The van der Waals surface area contributed by atoms with Gasteiger partial charge in [-0.1, -0.05) is 35.3 Å². The lowest BCUT2D eigenvalue weighted by atomic mass is 10.1. The fraction of sp³-hybridized carbons (Fsp3) is 0.267. The molecule has 0 radical (unpaired) electrons. The van der Waals surface area contributed by atoms with Crippen LogP contribution in [0.4, 0.5) is 0 Å². The molecule has 3 nitrogen and oxygen atoms in total. The second-order valence-electron chi connectivity index (χ2n) is 4.47. The van der Waals surface area contributed by atoms with Crippen LogP contribution in [-0.2, 0) is 13.0 Å². The third-order valence-corrected chi connectivity index (χ3v) is 3.60. The molecule has 1 aromatic carbocycles. The van der Waals surface area contributed by atoms with Gasteiger partial charge >= 0.3 is 0 Å². The lowest BCUT2D eigenvalue weighted by molar-refractivity contribution is 0.586. The number of rotatable bonds is 6. The minimum absolute atomic E-state index is 0.0232. The second-order valence-corrected chi connectivity index (χ2v) is 5.31. The molecule has 106 valence electrons. The van der Waals surface area contributed by atoms with E-state index in [0.29, 0.717) is 16.6 Å². The topological polar surface area (TPSA) is 34.0 Å². The molecule has 2 rings (SSSR count). The summed E-state index contributed by atoms with van der Waals surface area (Å²) >= 11 is 12.0. The quantitative estimate of drug-likeness (QED) is 0.832. The van der Waals surface area contributed by atoms with Gasteiger partial charge in [0.25, 0.3) is 5.56 Å². The van der Waals surface area contributed by atoms with Crippen molar-refractivity contribution in [2.75, 3.05) is 13.1 Å². The Balaban J connectivity index is 1.74. The first-order valence-corrected chi connectivity index (χ1v) is 7.22. The highest BCUT2D eigenvalue weighted by atomic mass is 35.5. The Morgan fingerprint density at radius 1 is 1.10 bits per heavy atom. The number of nitrogens with one attached hydrogen (secondary N) is 1. The lowest BCUT2D eigenvalue weighted by Crippen LogP contribution is -2.27. The predicted molar refractivity (Wildman–Crippen MR) is 83.7 cm³/mol. The van der Waals surface area contributed by atoms with Gasteiger partial charge in [-0.3, -0.25) is 4.79 Å². The Bertz CT molecular complexity index is 625. The van der Waals surface area contributed by atoms with Gasteiger partial charge in [0.15, 0.2) is 0 Å². The molecule has 1 heterocycles. The maximum Gasteiger partial charge on any atom is 0.250 e. The van der Waals surface area contributed by atoms with Crippen molar-refractivity contribution >= 4 is 23.2 Å². The normalized spacial score (nSPS) is 10.7. The minimum atomic E-state index is 0.0232. The molecule has 5 heteroatoms. The molecule has 0 fully saturated rings. The summed E-state index contributed by atoms with van der Waals surface area (Å²) in [5.74, 6) is 0. The van der Waals surface area contributed by atoms with Gasteiger partial charge in [0.05, 0.1) is 0 Å². The molecular weight excluding hydrogens is 295 g/mol. The zero-order valence-corrected chi connectivity index (χ0v) is 12.5. The van der Waals surface area contributed by atoms with Crippen molar-refractivity contribution in [2.45, 2.75) is 13.0 Å². The van der Waals surface area contributed by atoms with Crippen LogP contribution in [0.2, 0.25) is 10.0 Å². The van der Waals surface area contributed by atoms with E-state index in [1.165, 1.54) is 0 Å². The van der Waals surface area contributed by atoms with Crippen molar-refractivity contribution in [1.29, 1.82) is 0 Å². The lowest BCUT2D eigenvalue weighted by Gasteiger charge is -2.08. The maximum atomic E-state index is 11.5. The molecule has 1 N–H and O–H groups in total. The van der Waals surface area contributed by atoms with E-state index < -0.39 is 0 Å². The van der Waals surface area contributed by atoms with E-state index >= 15 is 0 Å². The van der Waals surface area contributed by atoms with E-state index in [9.17, 15) is 4.79 Å². The van der Waals surface area contributed by atoms with Crippen LogP contribution in [0, 0.1) is 0 Å². The molecule has 0 atom stereocenters. The van der Waals surface area contributed by atoms with Gasteiger partial charge in [0, 0.05) is 35.4 Å². The van der Waals surface area contributed by atoms with Gasteiger partial charge in [-0.05, 0) is 36.7 Å². The van der Waals surface area contributed by atoms with Gasteiger partial charge < -0.3 is 9.88 Å². The van der Waals surface area contributed by atoms with Crippen molar-refractivity contribution in [1.82, 2.24) is 9.88 Å². The fourth-order valence-corrected chi connectivity index (χ4v) is 2.42. The third-order valence-electron chi connectivity index (χ3n) is 3.01. The molecule has 0 bridgehead atoms. The SMILES string of the molecule is O=c1ccccn1CCNCCc1ccc(Cl)cc1Cl. The Morgan fingerprint density at radius 3 is 2.70 bits per heavy atom. The van der Waals surface area contributed by atoms with Gasteiger partial charge in [-0.2, -0.15) is 0 Å². The molecular formula is C15H16Cl2N2O. The van der Waals surface area contributed by atoms with Gasteiger partial charge in [-0.15, -0.1) is 0 Å². The highest BCUT2D eigenvalue weighted by molar-refractivity contribution is 6.35. The summed E-state index contributed by atoms with van der Waals surface area (Å²) in [4.78, 5) is 11.5. The van der Waals surface area contributed by atoms with Crippen LogP contribution in [0.3, 0.4) is 0 Å². The Kier molecular flexibility index (Phi) is 5.65. The molecule has 0 spiro atoms. The van der Waals surface area contributed by atoms with Crippen LogP contribution >= 0.6 is 23.2 Å². The van der Waals surface area contributed by atoms with E-state index in [1.54, 1.807) is 29.0 Å². The summed E-state index contributed by atoms with van der Waals surface area (Å²) in [6, 6.07) is 10.7. The van der Waals surface area contributed by atoms with Crippen molar-refractivity contribution in [3.8, 4) is 0 Å². The Morgan fingerprint density at radius 2 is 1.95 bits per heavy atom. The van der Waals surface area contributed by atoms with Crippen LogP contribution in [0.1, 0.15) is 5.56 Å². The monoisotopic (exact) mass is 310 g/mol. The van der Waals surface area contributed by atoms with Crippen LogP contribution in [-0.4, -0.2) is 17.7 Å². The number of hydrogen-bond acceptors (Lipinski definition) is 2. The average molecular weight is 311 g/mol. The third kappa shape index (κ3) is 4.37. The number of pyridine rings is 1. The van der Waals surface area contributed by atoms with Crippen molar-refractivity contribution in [3.05, 3.63) is 68.6 Å². The van der Waals surface area contributed by atoms with E-state index in [2.05, 4.69) is 5.32 Å². The molecule has 0 saturated carbocycles.